The largest absolute Gasteiger partial charge is 0.399 e. The van der Waals surface area contributed by atoms with Crippen molar-refractivity contribution in [2.45, 2.75) is 13.3 Å². The topological polar surface area (TPSA) is 29.3 Å². The van der Waals surface area contributed by atoms with Crippen molar-refractivity contribution in [1.29, 1.82) is 0 Å². The Morgan fingerprint density at radius 2 is 2.21 bits per heavy atom. The second-order valence-electron chi connectivity index (χ2n) is 3.89. The summed E-state index contributed by atoms with van der Waals surface area (Å²) < 4.78 is 13.4. The second kappa shape index (κ2) is 3.48. The monoisotopic (exact) mass is 194 g/mol. The van der Waals surface area contributed by atoms with Crippen molar-refractivity contribution in [2.24, 2.45) is 5.92 Å². The molecule has 2 N–H and O–H groups in total. The van der Waals surface area contributed by atoms with Gasteiger partial charge in [0.1, 0.15) is 5.82 Å². The zero-order valence-corrected chi connectivity index (χ0v) is 8.33. The number of hydrogen-bond donors (Lipinski definition) is 1. The fourth-order valence-electron chi connectivity index (χ4n) is 1.80. The molecule has 3 heteroatoms. The molecule has 14 heavy (non-hydrogen) atoms. The highest BCUT2D eigenvalue weighted by molar-refractivity contribution is 5.58. The number of rotatable bonds is 2. The zero-order chi connectivity index (χ0) is 10.1. The molecule has 0 unspecified atom stereocenters. The van der Waals surface area contributed by atoms with Crippen LogP contribution in [-0.2, 0) is 0 Å². The molecule has 0 amide bonds. The van der Waals surface area contributed by atoms with E-state index in [0.717, 1.165) is 19.0 Å². The van der Waals surface area contributed by atoms with Crippen LogP contribution in [0.15, 0.2) is 18.2 Å². The summed E-state index contributed by atoms with van der Waals surface area (Å²) in [6.07, 6.45) is 1.17. The van der Waals surface area contributed by atoms with Crippen molar-refractivity contribution < 1.29 is 4.39 Å². The van der Waals surface area contributed by atoms with Gasteiger partial charge in [-0.3, -0.25) is 0 Å². The van der Waals surface area contributed by atoms with Crippen LogP contribution in [0.3, 0.4) is 0 Å². The number of anilines is 2. The Morgan fingerprint density at radius 1 is 1.50 bits per heavy atom. The Kier molecular flexibility index (Phi) is 2.32. The van der Waals surface area contributed by atoms with Crippen molar-refractivity contribution in [3.8, 4) is 0 Å². The summed E-state index contributed by atoms with van der Waals surface area (Å²) in [6.45, 7) is 4.07. The van der Waals surface area contributed by atoms with Crippen LogP contribution in [0.25, 0.3) is 0 Å². The van der Waals surface area contributed by atoms with Gasteiger partial charge in [-0.2, -0.15) is 0 Å². The van der Waals surface area contributed by atoms with E-state index in [-0.39, 0.29) is 5.82 Å². The number of benzene rings is 1. The summed E-state index contributed by atoms with van der Waals surface area (Å²) in [6, 6.07) is 4.74. The first-order chi connectivity index (χ1) is 6.70. The summed E-state index contributed by atoms with van der Waals surface area (Å²) in [4.78, 5) is 2.04. The molecule has 2 nitrogen and oxygen atoms in total. The lowest BCUT2D eigenvalue weighted by atomic mass is 9.96. The van der Waals surface area contributed by atoms with E-state index in [0.29, 0.717) is 11.4 Å². The highest BCUT2D eigenvalue weighted by Crippen LogP contribution is 2.29. The van der Waals surface area contributed by atoms with Gasteiger partial charge in [0, 0.05) is 18.8 Å². The van der Waals surface area contributed by atoms with E-state index >= 15 is 0 Å². The van der Waals surface area contributed by atoms with Crippen LogP contribution < -0.4 is 10.6 Å². The van der Waals surface area contributed by atoms with Gasteiger partial charge in [-0.25, -0.2) is 4.39 Å². The van der Waals surface area contributed by atoms with E-state index in [4.69, 9.17) is 5.73 Å². The minimum Gasteiger partial charge on any atom is -0.399 e. The molecule has 1 aliphatic heterocycles. The van der Waals surface area contributed by atoms with Crippen LogP contribution in [-0.4, -0.2) is 13.1 Å². The molecule has 0 bridgehead atoms. The fraction of sp³-hybridized carbons (Fsp3) is 0.455. The molecular formula is C11H15FN2. The summed E-state index contributed by atoms with van der Waals surface area (Å²) in [5.41, 5.74) is 6.89. The Bertz CT molecular complexity index is 332. The third-order valence-electron chi connectivity index (χ3n) is 2.85. The van der Waals surface area contributed by atoms with Gasteiger partial charge in [-0.15, -0.1) is 0 Å². The quantitative estimate of drug-likeness (QED) is 0.732. The molecule has 0 atom stereocenters. The zero-order valence-electron chi connectivity index (χ0n) is 8.33. The van der Waals surface area contributed by atoms with E-state index in [1.807, 2.05) is 4.90 Å². The van der Waals surface area contributed by atoms with Crippen molar-refractivity contribution in [1.82, 2.24) is 0 Å². The van der Waals surface area contributed by atoms with Crippen LogP contribution in [0.1, 0.15) is 13.3 Å². The van der Waals surface area contributed by atoms with Gasteiger partial charge in [-0.05, 0) is 30.5 Å². The molecule has 2 rings (SSSR count). The first-order valence-corrected chi connectivity index (χ1v) is 5.00. The van der Waals surface area contributed by atoms with Crippen LogP contribution in [0.2, 0.25) is 0 Å². The van der Waals surface area contributed by atoms with Gasteiger partial charge in [0.15, 0.2) is 0 Å². The van der Waals surface area contributed by atoms with Crippen LogP contribution in [0, 0.1) is 11.7 Å². The standard InChI is InChI=1S/C11H15FN2/c1-2-8-6-14(7-8)11-5-9(13)3-4-10(11)12/h3-5,8H,2,6-7,13H2,1H3. The smallest absolute Gasteiger partial charge is 0.146 e. The van der Waals surface area contributed by atoms with E-state index in [1.165, 1.54) is 12.5 Å². The minimum absolute atomic E-state index is 0.172. The van der Waals surface area contributed by atoms with Crippen LogP contribution in [0.4, 0.5) is 15.8 Å². The molecule has 1 aromatic rings. The number of halogens is 1. The summed E-state index contributed by atoms with van der Waals surface area (Å²) in [5.74, 6) is 0.546. The average molecular weight is 194 g/mol. The van der Waals surface area contributed by atoms with Crippen molar-refractivity contribution in [2.75, 3.05) is 23.7 Å². The molecule has 1 aromatic carbocycles. The van der Waals surface area contributed by atoms with Crippen molar-refractivity contribution in [3.63, 3.8) is 0 Å². The highest BCUT2D eigenvalue weighted by atomic mass is 19.1. The molecule has 0 aliphatic carbocycles. The third kappa shape index (κ3) is 1.54. The predicted octanol–water partition coefficient (Wildman–Crippen LogP) is 2.25. The Balaban J connectivity index is 2.13. The summed E-state index contributed by atoms with van der Waals surface area (Å²) in [5, 5.41) is 0. The highest BCUT2D eigenvalue weighted by Gasteiger charge is 2.26. The molecule has 1 heterocycles. The average Bonchev–Trinajstić information content (AvgIpc) is 2.09. The van der Waals surface area contributed by atoms with Crippen molar-refractivity contribution in [3.05, 3.63) is 24.0 Å². The third-order valence-corrected chi connectivity index (χ3v) is 2.85. The molecule has 0 radical (unpaired) electrons. The van der Waals surface area contributed by atoms with Gasteiger partial charge in [0.2, 0.25) is 0 Å². The predicted molar refractivity (Wildman–Crippen MR) is 56.8 cm³/mol. The molecule has 1 aliphatic rings. The number of nitrogens with two attached hydrogens (primary N) is 1. The lowest BCUT2D eigenvalue weighted by Gasteiger charge is -2.40. The molecule has 0 aromatic heterocycles. The van der Waals surface area contributed by atoms with E-state index < -0.39 is 0 Å². The lowest BCUT2D eigenvalue weighted by Crippen LogP contribution is -2.46. The Labute approximate surface area is 83.5 Å². The van der Waals surface area contributed by atoms with Crippen LogP contribution in [0.5, 0.6) is 0 Å². The molecule has 0 saturated carbocycles. The fourth-order valence-corrected chi connectivity index (χ4v) is 1.80. The first kappa shape index (κ1) is 9.31. The Hall–Kier alpha value is -1.25. The van der Waals surface area contributed by atoms with E-state index in [2.05, 4.69) is 6.92 Å². The normalized spacial score (nSPS) is 16.9. The molecular weight excluding hydrogens is 179 g/mol. The lowest BCUT2D eigenvalue weighted by molar-refractivity contribution is 0.394. The SMILES string of the molecule is CCC1CN(c2cc(N)ccc2F)C1. The number of hydrogen-bond acceptors (Lipinski definition) is 2. The molecule has 1 saturated heterocycles. The van der Waals surface area contributed by atoms with Gasteiger partial charge in [0.25, 0.3) is 0 Å². The minimum atomic E-state index is -0.172. The van der Waals surface area contributed by atoms with Gasteiger partial charge in [-0.1, -0.05) is 6.92 Å². The molecule has 0 spiro atoms. The molecule has 1 fully saturated rings. The van der Waals surface area contributed by atoms with Gasteiger partial charge >= 0.3 is 0 Å². The number of nitrogens with zero attached hydrogens (tertiary/aromatic N) is 1. The first-order valence-electron chi connectivity index (χ1n) is 5.00. The van der Waals surface area contributed by atoms with E-state index in [9.17, 15) is 4.39 Å². The van der Waals surface area contributed by atoms with E-state index in [1.54, 1.807) is 12.1 Å². The maximum Gasteiger partial charge on any atom is 0.146 e. The maximum absolute atomic E-state index is 13.4. The summed E-state index contributed by atoms with van der Waals surface area (Å²) in [7, 11) is 0. The summed E-state index contributed by atoms with van der Waals surface area (Å²) >= 11 is 0. The van der Waals surface area contributed by atoms with Crippen LogP contribution >= 0.6 is 0 Å². The Morgan fingerprint density at radius 3 is 2.86 bits per heavy atom. The van der Waals surface area contributed by atoms with Crippen molar-refractivity contribution >= 4 is 11.4 Å². The van der Waals surface area contributed by atoms with Gasteiger partial charge in [0.05, 0.1) is 5.69 Å². The number of nitrogen functional groups attached to an aromatic ring is 1. The second-order valence-corrected chi connectivity index (χ2v) is 3.89. The molecule has 76 valence electrons. The van der Waals surface area contributed by atoms with Gasteiger partial charge < -0.3 is 10.6 Å². The maximum atomic E-state index is 13.4.